The van der Waals surface area contributed by atoms with Crippen LogP contribution in [-0.4, -0.2) is 22.8 Å². The van der Waals surface area contributed by atoms with Gasteiger partial charge in [0, 0.05) is 18.3 Å². The fraction of sp³-hybridized carbons (Fsp3) is 0.250. The molecule has 0 aromatic heterocycles. The number of benzene rings is 2. The number of thioether (sulfide) groups is 1. The van der Waals surface area contributed by atoms with Crippen LogP contribution in [0.1, 0.15) is 37.5 Å². The van der Waals surface area contributed by atoms with Gasteiger partial charge in [-0.05, 0) is 74.7 Å². The molecule has 2 aliphatic rings. The predicted octanol–water partition coefficient (Wildman–Crippen LogP) is 6.03. The Labute approximate surface area is 182 Å². The molecule has 0 radical (unpaired) electrons. The molecular formula is C24H24N2OS2. The summed E-state index contributed by atoms with van der Waals surface area (Å²) in [7, 11) is 2.13. The highest BCUT2D eigenvalue weighted by Crippen LogP contribution is 2.41. The average Bonchev–Trinajstić information content (AvgIpc) is 2.95. The number of amides is 1. The maximum absolute atomic E-state index is 13.1. The van der Waals surface area contributed by atoms with Crippen molar-refractivity contribution in [2.24, 2.45) is 0 Å². The van der Waals surface area contributed by atoms with E-state index in [1.54, 1.807) is 4.90 Å². The molecule has 0 unspecified atom stereocenters. The number of para-hydroxylation sites is 1. The van der Waals surface area contributed by atoms with Crippen LogP contribution in [0.4, 0.5) is 11.4 Å². The lowest BCUT2D eigenvalue weighted by Gasteiger charge is -2.41. The Kier molecular flexibility index (Phi) is 4.91. The first kappa shape index (κ1) is 19.9. The molecule has 2 aliphatic heterocycles. The molecule has 1 saturated heterocycles. The van der Waals surface area contributed by atoms with Gasteiger partial charge in [-0.25, -0.2) is 0 Å². The average molecular weight is 421 g/mol. The smallest absolute Gasteiger partial charge is 0.270 e. The van der Waals surface area contributed by atoms with Crippen molar-refractivity contribution in [3.05, 3.63) is 70.1 Å². The molecule has 29 heavy (non-hydrogen) atoms. The zero-order chi connectivity index (χ0) is 20.9. The summed E-state index contributed by atoms with van der Waals surface area (Å²) < 4.78 is 0.570. The van der Waals surface area contributed by atoms with Gasteiger partial charge in [-0.2, -0.15) is 0 Å². The van der Waals surface area contributed by atoms with Crippen LogP contribution in [0.25, 0.3) is 11.6 Å². The van der Waals surface area contributed by atoms with Crippen molar-refractivity contribution in [3.8, 4) is 0 Å². The number of carbonyl (C=O) groups is 1. The van der Waals surface area contributed by atoms with E-state index < -0.39 is 0 Å². The predicted molar refractivity (Wildman–Crippen MR) is 129 cm³/mol. The fourth-order valence-corrected chi connectivity index (χ4v) is 5.17. The maximum atomic E-state index is 13.1. The minimum Gasteiger partial charge on any atom is -0.365 e. The summed E-state index contributed by atoms with van der Waals surface area (Å²) in [4.78, 5) is 17.6. The van der Waals surface area contributed by atoms with Crippen molar-refractivity contribution in [2.75, 3.05) is 16.8 Å². The van der Waals surface area contributed by atoms with E-state index in [0.29, 0.717) is 9.23 Å². The number of likely N-dealkylation sites (N-methyl/N-ethyl adjacent to an activating group) is 1. The SMILES string of the molecule is CC1=CC(C)(C)N(C)c2cc(C)c(/C=C3\SC(=S)N(c4ccccc4)C3=O)cc21. The number of rotatable bonds is 2. The standard InChI is InChI=1S/C24H24N2OS2/c1-15-11-20-19(16(2)14-24(3,4)25(20)5)12-17(15)13-21-22(27)26(23(28)29-21)18-9-7-6-8-10-18/h6-14H,1-5H3/b21-13-. The molecule has 148 valence electrons. The summed E-state index contributed by atoms with van der Waals surface area (Å²) in [5, 5.41) is 0. The molecule has 4 rings (SSSR count). The zero-order valence-electron chi connectivity index (χ0n) is 17.3. The van der Waals surface area contributed by atoms with Crippen molar-refractivity contribution >= 4 is 57.2 Å². The largest absolute Gasteiger partial charge is 0.365 e. The highest BCUT2D eigenvalue weighted by atomic mass is 32.2. The van der Waals surface area contributed by atoms with Gasteiger partial charge in [0.05, 0.1) is 16.1 Å². The first-order valence-corrected chi connectivity index (χ1v) is 10.8. The fourth-order valence-electron chi connectivity index (χ4n) is 3.88. The van der Waals surface area contributed by atoms with Gasteiger partial charge in [0.1, 0.15) is 0 Å². The summed E-state index contributed by atoms with van der Waals surface area (Å²) in [5.74, 6) is -0.0613. The van der Waals surface area contributed by atoms with Crippen LogP contribution in [0.3, 0.4) is 0 Å². The topological polar surface area (TPSA) is 23.6 Å². The van der Waals surface area contributed by atoms with Crippen molar-refractivity contribution in [1.29, 1.82) is 0 Å². The van der Waals surface area contributed by atoms with Crippen molar-refractivity contribution in [1.82, 2.24) is 0 Å². The number of fused-ring (bicyclic) bond motifs is 1. The van der Waals surface area contributed by atoms with Gasteiger partial charge in [0.25, 0.3) is 5.91 Å². The molecule has 2 heterocycles. The van der Waals surface area contributed by atoms with E-state index in [1.165, 1.54) is 28.6 Å². The lowest BCUT2D eigenvalue weighted by molar-refractivity contribution is -0.113. The zero-order valence-corrected chi connectivity index (χ0v) is 18.9. The van der Waals surface area contributed by atoms with Crippen LogP contribution >= 0.6 is 24.0 Å². The minimum atomic E-state index is -0.0613. The van der Waals surface area contributed by atoms with Crippen LogP contribution < -0.4 is 9.80 Å². The van der Waals surface area contributed by atoms with E-state index in [9.17, 15) is 4.79 Å². The molecule has 1 fully saturated rings. The number of allylic oxidation sites excluding steroid dienone is 1. The Hall–Kier alpha value is -2.37. The second-order valence-corrected chi connectivity index (χ2v) is 9.79. The van der Waals surface area contributed by atoms with Crippen molar-refractivity contribution in [2.45, 2.75) is 33.2 Å². The number of anilines is 2. The molecule has 1 amide bonds. The Balaban J connectivity index is 1.74. The second kappa shape index (κ2) is 7.15. The van der Waals surface area contributed by atoms with E-state index in [0.717, 1.165) is 16.8 Å². The lowest BCUT2D eigenvalue weighted by Crippen LogP contribution is -2.42. The van der Waals surface area contributed by atoms with Crippen LogP contribution in [0.15, 0.2) is 53.4 Å². The third kappa shape index (κ3) is 3.43. The Bertz CT molecular complexity index is 1080. The Morgan fingerprint density at radius 3 is 2.48 bits per heavy atom. The van der Waals surface area contributed by atoms with Crippen LogP contribution in [0, 0.1) is 6.92 Å². The normalized spacial score (nSPS) is 19.6. The Morgan fingerprint density at radius 2 is 1.79 bits per heavy atom. The van der Waals surface area contributed by atoms with Crippen molar-refractivity contribution in [3.63, 3.8) is 0 Å². The quantitative estimate of drug-likeness (QED) is 0.437. The van der Waals surface area contributed by atoms with Crippen LogP contribution in [0.2, 0.25) is 0 Å². The van der Waals surface area contributed by atoms with Gasteiger partial charge in [0.2, 0.25) is 0 Å². The van der Waals surface area contributed by atoms with Gasteiger partial charge >= 0.3 is 0 Å². The summed E-state index contributed by atoms with van der Waals surface area (Å²) >= 11 is 6.86. The lowest BCUT2D eigenvalue weighted by atomic mass is 9.87. The van der Waals surface area contributed by atoms with Gasteiger partial charge in [-0.3, -0.25) is 9.69 Å². The monoisotopic (exact) mass is 420 g/mol. The van der Waals surface area contributed by atoms with E-state index in [2.05, 4.69) is 57.9 Å². The summed E-state index contributed by atoms with van der Waals surface area (Å²) in [6.45, 7) is 8.69. The molecule has 2 aromatic carbocycles. The number of hydrogen-bond acceptors (Lipinski definition) is 4. The van der Waals surface area contributed by atoms with Crippen LogP contribution in [0.5, 0.6) is 0 Å². The first-order valence-electron chi connectivity index (χ1n) is 9.60. The molecule has 3 nitrogen and oxygen atoms in total. The highest BCUT2D eigenvalue weighted by molar-refractivity contribution is 8.27. The summed E-state index contributed by atoms with van der Waals surface area (Å²) in [6, 6.07) is 14.0. The highest BCUT2D eigenvalue weighted by Gasteiger charge is 2.34. The summed E-state index contributed by atoms with van der Waals surface area (Å²) in [6.07, 6.45) is 4.27. The second-order valence-electron chi connectivity index (χ2n) is 8.12. The number of nitrogens with zero attached hydrogens (tertiary/aromatic N) is 2. The van der Waals surface area contributed by atoms with Crippen molar-refractivity contribution < 1.29 is 4.79 Å². The van der Waals surface area contributed by atoms with Gasteiger partial charge < -0.3 is 4.90 Å². The molecule has 2 aromatic rings. The van der Waals surface area contributed by atoms with E-state index in [1.807, 2.05) is 36.4 Å². The van der Waals surface area contributed by atoms with E-state index >= 15 is 0 Å². The molecule has 0 atom stereocenters. The third-order valence-electron chi connectivity index (χ3n) is 5.70. The minimum absolute atomic E-state index is 0.0247. The molecule has 0 saturated carbocycles. The first-order chi connectivity index (χ1) is 13.7. The number of hydrogen-bond donors (Lipinski definition) is 0. The molecular weight excluding hydrogens is 396 g/mol. The van der Waals surface area contributed by atoms with Gasteiger partial charge in [0.15, 0.2) is 4.32 Å². The third-order valence-corrected chi connectivity index (χ3v) is 7.00. The molecule has 0 N–H and O–H groups in total. The molecule has 0 spiro atoms. The van der Waals surface area contributed by atoms with E-state index in [-0.39, 0.29) is 11.4 Å². The number of carbonyl (C=O) groups excluding carboxylic acids is 1. The van der Waals surface area contributed by atoms with E-state index in [4.69, 9.17) is 12.2 Å². The molecule has 5 heteroatoms. The number of thiocarbonyl (C=S) groups is 1. The number of aryl methyl sites for hydroxylation is 1. The Morgan fingerprint density at radius 1 is 1.10 bits per heavy atom. The molecule has 0 aliphatic carbocycles. The van der Waals surface area contributed by atoms with Gasteiger partial charge in [-0.1, -0.05) is 48.3 Å². The van der Waals surface area contributed by atoms with Crippen LogP contribution in [-0.2, 0) is 4.79 Å². The molecule has 0 bridgehead atoms. The van der Waals surface area contributed by atoms with Gasteiger partial charge in [-0.15, -0.1) is 0 Å². The summed E-state index contributed by atoms with van der Waals surface area (Å²) in [5.41, 5.74) is 6.68. The maximum Gasteiger partial charge on any atom is 0.270 e.